The van der Waals surface area contributed by atoms with Gasteiger partial charge < -0.3 is 4.98 Å². The number of aromatic nitrogens is 5. The molecule has 3 aromatic rings. The molecule has 1 saturated heterocycles. The van der Waals surface area contributed by atoms with Crippen molar-refractivity contribution in [2.24, 2.45) is 0 Å². The van der Waals surface area contributed by atoms with Crippen molar-refractivity contribution in [3.63, 3.8) is 0 Å². The molecule has 9 nitrogen and oxygen atoms in total. The predicted molar refractivity (Wildman–Crippen MR) is 94.3 cm³/mol. The first-order valence-electron chi connectivity index (χ1n) is 9.78. The van der Waals surface area contributed by atoms with E-state index in [1.165, 1.54) is 25.6 Å². The van der Waals surface area contributed by atoms with Crippen molar-refractivity contribution in [2.75, 3.05) is 18.7 Å². The standard InChI is InChI=1S/C16H17N7O2S/c1-2-26(24,25)22-9-16(10-22,4-5-17)23-8-12(7-21-23)14-13-3-6-18-15(13)20-11-19-14/h3,6-8,11H,2,4,9-10H2,1H3,(H,18,19,20)/i9D2,10D2. The maximum Gasteiger partial charge on any atom is 0.213 e. The Morgan fingerprint density at radius 3 is 3.00 bits per heavy atom. The van der Waals surface area contributed by atoms with E-state index in [9.17, 15) is 13.7 Å². The largest absolute Gasteiger partial charge is 0.346 e. The Labute approximate surface area is 156 Å². The van der Waals surface area contributed by atoms with Crippen LogP contribution in [0.1, 0.15) is 18.8 Å². The Bertz CT molecular complexity index is 1260. The number of sulfonamides is 1. The first-order valence-corrected chi connectivity index (χ1v) is 9.39. The minimum atomic E-state index is -4.23. The smallest absolute Gasteiger partial charge is 0.213 e. The molecule has 1 aliphatic heterocycles. The van der Waals surface area contributed by atoms with E-state index in [2.05, 4.69) is 20.1 Å². The summed E-state index contributed by atoms with van der Waals surface area (Å²) < 4.78 is 59.7. The summed E-state index contributed by atoms with van der Waals surface area (Å²) in [4.78, 5) is 11.3. The summed E-state index contributed by atoms with van der Waals surface area (Å²) in [5.41, 5.74) is -0.672. The first-order chi connectivity index (χ1) is 14.0. The molecule has 10 heteroatoms. The molecule has 0 atom stereocenters. The van der Waals surface area contributed by atoms with Crippen molar-refractivity contribution in [3.8, 4) is 17.3 Å². The third-order valence-corrected chi connectivity index (χ3v) is 5.62. The Balaban J connectivity index is 1.88. The van der Waals surface area contributed by atoms with E-state index in [4.69, 9.17) is 5.48 Å². The Morgan fingerprint density at radius 2 is 2.27 bits per heavy atom. The van der Waals surface area contributed by atoms with Crippen LogP contribution in [-0.4, -0.2) is 56.2 Å². The molecule has 134 valence electrons. The van der Waals surface area contributed by atoms with Crippen LogP contribution in [0, 0.1) is 11.3 Å². The maximum atomic E-state index is 12.4. The van der Waals surface area contributed by atoms with E-state index in [0.717, 1.165) is 4.68 Å². The molecule has 0 aliphatic carbocycles. The molecule has 0 radical (unpaired) electrons. The van der Waals surface area contributed by atoms with E-state index < -0.39 is 40.7 Å². The van der Waals surface area contributed by atoms with Gasteiger partial charge >= 0.3 is 0 Å². The van der Waals surface area contributed by atoms with Crippen LogP contribution in [-0.2, 0) is 15.6 Å². The fourth-order valence-corrected chi connectivity index (χ4v) is 3.58. The van der Waals surface area contributed by atoms with E-state index in [1.54, 1.807) is 18.3 Å². The highest BCUT2D eigenvalue weighted by atomic mass is 32.2. The van der Waals surface area contributed by atoms with Crippen molar-refractivity contribution in [2.45, 2.75) is 18.9 Å². The number of nitrogens with zero attached hydrogens (tertiary/aromatic N) is 6. The van der Waals surface area contributed by atoms with Crippen LogP contribution in [0.2, 0.25) is 0 Å². The number of nitriles is 1. The topological polar surface area (TPSA) is 121 Å². The summed E-state index contributed by atoms with van der Waals surface area (Å²) in [6, 6.07) is 3.55. The fourth-order valence-electron chi connectivity index (χ4n) is 2.74. The van der Waals surface area contributed by atoms with Crippen molar-refractivity contribution in [1.29, 1.82) is 5.26 Å². The monoisotopic (exact) mass is 375 g/mol. The number of rotatable bonds is 5. The maximum absolute atomic E-state index is 12.4. The Morgan fingerprint density at radius 1 is 1.46 bits per heavy atom. The molecule has 0 spiro atoms. The molecular formula is C16H17N7O2S. The Kier molecular flexibility index (Phi) is 2.85. The number of hydrogen-bond acceptors (Lipinski definition) is 6. The number of hydrogen-bond donors (Lipinski definition) is 1. The summed E-state index contributed by atoms with van der Waals surface area (Å²) >= 11 is 0. The molecule has 0 saturated carbocycles. The zero-order valence-electron chi connectivity index (χ0n) is 17.7. The number of H-pyrrole nitrogens is 1. The van der Waals surface area contributed by atoms with Crippen LogP contribution in [0.4, 0.5) is 0 Å². The molecule has 0 bridgehead atoms. The fraction of sp³-hybridized carbons (Fsp3) is 0.375. The van der Waals surface area contributed by atoms with Crippen molar-refractivity contribution >= 4 is 21.1 Å². The molecule has 26 heavy (non-hydrogen) atoms. The van der Waals surface area contributed by atoms with Gasteiger partial charge in [-0.15, -0.1) is 0 Å². The molecule has 0 unspecified atom stereocenters. The molecule has 0 amide bonds. The summed E-state index contributed by atoms with van der Waals surface area (Å²) in [6.07, 6.45) is 5.14. The van der Waals surface area contributed by atoms with Crippen LogP contribution in [0.5, 0.6) is 0 Å². The average molecular weight is 375 g/mol. The van der Waals surface area contributed by atoms with E-state index in [1.807, 2.05) is 0 Å². The molecule has 3 aromatic heterocycles. The molecular weight excluding hydrogens is 354 g/mol. The second-order valence-electron chi connectivity index (χ2n) is 5.72. The van der Waals surface area contributed by atoms with Gasteiger partial charge in [0.1, 0.15) is 17.5 Å². The molecule has 4 rings (SSSR count). The van der Waals surface area contributed by atoms with E-state index in [-0.39, 0.29) is 4.31 Å². The van der Waals surface area contributed by atoms with E-state index >= 15 is 0 Å². The van der Waals surface area contributed by atoms with Crippen molar-refractivity contribution in [1.82, 2.24) is 29.0 Å². The number of fused-ring (bicyclic) bond motifs is 1. The highest BCUT2D eigenvalue weighted by Gasteiger charge is 2.49. The van der Waals surface area contributed by atoms with Crippen LogP contribution < -0.4 is 0 Å². The highest BCUT2D eigenvalue weighted by Crippen LogP contribution is 2.35. The van der Waals surface area contributed by atoms with Crippen LogP contribution >= 0.6 is 0 Å². The molecule has 1 aliphatic rings. The minimum absolute atomic E-state index is 0.195. The zero-order valence-corrected chi connectivity index (χ0v) is 14.5. The Hall–Kier alpha value is -2.77. The van der Waals surface area contributed by atoms with Gasteiger partial charge in [-0.05, 0) is 13.0 Å². The van der Waals surface area contributed by atoms with Gasteiger partial charge in [0.15, 0.2) is 0 Å². The average Bonchev–Trinajstić information content (AvgIpc) is 3.34. The van der Waals surface area contributed by atoms with E-state index in [0.29, 0.717) is 22.3 Å². The van der Waals surface area contributed by atoms with Gasteiger partial charge in [0, 0.05) is 41.8 Å². The van der Waals surface area contributed by atoms with Gasteiger partial charge in [0.25, 0.3) is 0 Å². The second kappa shape index (κ2) is 5.89. The minimum Gasteiger partial charge on any atom is -0.346 e. The van der Waals surface area contributed by atoms with Gasteiger partial charge in [-0.2, -0.15) is 14.7 Å². The van der Waals surface area contributed by atoms with Gasteiger partial charge in [-0.3, -0.25) is 4.68 Å². The lowest BCUT2D eigenvalue weighted by Crippen LogP contribution is -2.64. The van der Waals surface area contributed by atoms with Crippen molar-refractivity contribution in [3.05, 3.63) is 31.0 Å². The number of aromatic amines is 1. The normalized spacial score (nSPS) is 23.2. The lowest BCUT2D eigenvalue weighted by molar-refractivity contribution is 0.0719. The van der Waals surface area contributed by atoms with Crippen LogP contribution in [0.15, 0.2) is 31.0 Å². The van der Waals surface area contributed by atoms with Crippen molar-refractivity contribution < 1.29 is 13.9 Å². The van der Waals surface area contributed by atoms with Gasteiger partial charge in [0.05, 0.1) is 30.1 Å². The molecule has 4 heterocycles. The van der Waals surface area contributed by atoms with Crippen LogP contribution in [0.3, 0.4) is 0 Å². The molecule has 0 aromatic carbocycles. The van der Waals surface area contributed by atoms with Gasteiger partial charge in [-0.1, -0.05) is 0 Å². The van der Waals surface area contributed by atoms with Gasteiger partial charge in [0.2, 0.25) is 10.0 Å². The summed E-state index contributed by atoms with van der Waals surface area (Å²) in [5, 5.41) is 14.2. The SMILES string of the molecule is [2H]C1([2H])N(S(=O)(=O)CC)C([2H])([2H])C1(CC#N)n1cc(-c2ncnc3[nH]ccc23)cn1. The lowest BCUT2D eigenvalue weighted by atomic mass is 9.89. The summed E-state index contributed by atoms with van der Waals surface area (Å²) in [5.74, 6) is -0.481. The third kappa shape index (κ3) is 2.48. The zero-order chi connectivity index (χ0) is 21.9. The molecule has 1 fully saturated rings. The lowest BCUT2D eigenvalue weighted by Gasteiger charge is -2.47. The summed E-state index contributed by atoms with van der Waals surface area (Å²) in [6.45, 7) is -4.14. The number of nitrogens with one attached hydrogen (secondary N) is 1. The van der Waals surface area contributed by atoms with Gasteiger partial charge in [-0.25, -0.2) is 18.4 Å². The highest BCUT2D eigenvalue weighted by molar-refractivity contribution is 7.89. The quantitative estimate of drug-likeness (QED) is 0.713. The van der Waals surface area contributed by atoms with Crippen LogP contribution in [0.25, 0.3) is 22.3 Å². The third-order valence-electron chi connectivity index (χ3n) is 4.15. The molecule has 1 N–H and O–H groups in total. The first kappa shape index (κ1) is 12.6. The second-order valence-corrected chi connectivity index (χ2v) is 7.83. The summed E-state index contributed by atoms with van der Waals surface area (Å²) in [7, 11) is -4.23. The predicted octanol–water partition coefficient (Wildman–Crippen LogP) is 1.10.